The summed E-state index contributed by atoms with van der Waals surface area (Å²) in [6.45, 7) is 0. The topological polar surface area (TPSA) is 18.5 Å². The van der Waals surface area contributed by atoms with E-state index in [1.165, 1.54) is 45.2 Å². The molecule has 4 aromatic carbocycles. The maximum absolute atomic E-state index is 5.24. The third kappa shape index (κ3) is 7.42. The summed E-state index contributed by atoms with van der Waals surface area (Å²) in [5.74, 6) is 1.82. The first-order valence-corrected chi connectivity index (χ1v) is 14.0. The molecule has 0 amide bonds. The second-order valence-corrected chi connectivity index (χ2v) is 11.2. The summed E-state index contributed by atoms with van der Waals surface area (Å²) < 4.78 is 10.5. The van der Waals surface area contributed by atoms with Crippen molar-refractivity contribution in [3.8, 4) is 11.5 Å². The normalized spacial score (nSPS) is 11.5. The minimum atomic E-state index is 0.876. The second kappa shape index (κ2) is 12.7. The van der Waals surface area contributed by atoms with Crippen LogP contribution in [0.25, 0.3) is 0 Å². The standard InChI is InChI=1S/C30H32O2P2/c1-31-27-11-3-23(4-12-27)21-25-7-15-29(16-8-25)33-19-20-34-30-17-9-26(10-18-30)22-24-5-13-28(32-2)14-6-24/h3-18,33-34H,19-22H2,1-2H3. The molecule has 4 aromatic rings. The Labute approximate surface area is 207 Å². The van der Waals surface area contributed by atoms with E-state index < -0.39 is 0 Å². The number of methoxy groups -OCH3 is 2. The van der Waals surface area contributed by atoms with Crippen molar-refractivity contribution in [3.05, 3.63) is 119 Å². The van der Waals surface area contributed by atoms with Crippen LogP contribution in [0.5, 0.6) is 11.5 Å². The largest absolute Gasteiger partial charge is 0.497 e. The van der Waals surface area contributed by atoms with Crippen LogP contribution >= 0.6 is 17.2 Å². The zero-order valence-corrected chi connectivity index (χ0v) is 21.9. The maximum atomic E-state index is 5.24. The van der Waals surface area contributed by atoms with E-state index in [0.717, 1.165) is 41.5 Å². The summed E-state index contributed by atoms with van der Waals surface area (Å²) in [7, 11) is 5.16. The van der Waals surface area contributed by atoms with E-state index in [2.05, 4.69) is 72.8 Å². The molecule has 2 nitrogen and oxygen atoms in total. The van der Waals surface area contributed by atoms with Crippen LogP contribution in [0.3, 0.4) is 0 Å². The molecule has 0 heterocycles. The average molecular weight is 487 g/mol. The van der Waals surface area contributed by atoms with Gasteiger partial charge in [-0.1, -0.05) is 90.0 Å². The van der Waals surface area contributed by atoms with Crippen molar-refractivity contribution in [3.63, 3.8) is 0 Å². The van der Waals surface area contributed by atoms with Gasteiger partial charge in [-0.2, -0.15) is 0 Å². The lowest BCUT2D eigenvalue weighted by Gasteiger charge is -2.07. The van der Waals surface area contributed by atoms with E-state index >= 15 is 0 Å². The zero-order chi connectivity index (χ0) is 23.6. The molecule has 0 N–H and O–H groups in total. The summed E-state index contributed by atoms with van der Waals surface area (Å²) >= 11 is 0. The third-order valence-corrected chi connectivity index (χ3v) is 8.81. The second-order valence-electron chi connectivity index (χ2n) is 8.30. The molecule has 0 aliphatic rings. The molecule has 34 heavy (non-hydrogen) atoms. The monoisotopic (exact) mass is 486 g/mol. The van der Waals surface area contributed by atoms with Gasteiger partial charge in [-0.25, -0.2) is 0 Å². The van der Waals surface area contributed by atoms with Gasteiger partial charge in [0.05, 0.1) is 14.2 Å². The Morgan fingerprint density at radius 2 is 0.735 bits per heavy atom. The van der Waals surface area contributed by atoms with Gasteiger partial charge in [0.2, 0.25) is 0 Å². The molecule has 0 saturated heterocycles. The average Bonchev–Trinajstić information content (AvgIpc) is 2.89. The summed E-state index contributed by atoms with van der Waals surface area (Å²) in [6, 6.07) is 35.0. The first kappa shape index (κ1) is 24.5. The van der Waals surface area contributed by atoms with Crippen molar-refractivity contribution in [1.29, 1.82) is 0 Å². The highest BCUT2D eigenvalue weighted by atomic mass is 31.1. The van der Waals surface area contributed by atoms with Crippen molar-refractivity contribution < 1.29 is 9.47 Å². The van der Waals surface area contributed by atoms with E-state index in [0.29, 0.717) is 0 Å². The lowest BCUT2D eigenvalue weighted by molar-refractivity contribution is 0.414. The number of benzene rings is 4. The first-order valence-electron chi connectivity index (χ1n) is 11.6. The molecule has 0 bridgehead atoms. The quantitative estimate of drug-likeness (QED) is 0.186. The van der Waals surface area contributed by atoms with Crippen LogP contribution in [0.1, 0.15) is 22.3 Å². The van der Waals surface area contributed by atoms with Crippen molar-refractivity contribution in [2.75, 3.05) is 26.5 Å². The van der Waals surface area contributed by atoms with E-state index in [-0.39, 0.29) is 0 Å². The molecule has 4 rings (SSSR count). The Bertz CT molecular complexity index is 1040. The van der Waals surface area contributed by atoms with E-state index in [9.17, 15) is 0 Å². The molecule has 0 radical (unpaired) electrons. The van der Waals surface area contributed by atoms with Crippen LogP contribution in [-0.4, -0.2) is 26.5 Å². The Hall–Kier alpha value is -2.66. The number of ether oxygens (including phenoxy) is 2. The first-order chi connectivity index (χ1) is 16.7. The fraction of sp³-hybridized carbons (Fsp3) is 0.200. The lowest BCUT2D eigenvalue weighted by atomic mass is 10.1. The van der Waals surface area contributed by atoms with Gasteiger partial charge in [0.1, 0.15) is 11.5 Å². The van der Waals surface area contributed by atoms with Gasteiger partial charge in [-0.3, -0.25) is 0 Å². The molecular formula is C30H32O2P2. The van der Waals surface area contributed by atoms with Gasteiger partial charge in [0.25, 0.3) is 0 Å². The van der Waals surface area contributed by atoms with E-state index in [4.69, 9.17) is 9.47 Å². The Kier molecular flexibility index (Phi) is 9.14. The van der Waals surface area contributed by atoms with Crippen LogP contribution in [0.2, 0.25) is 0 Å². The van der Waals surface area contributed by atoms with Crippen molar-refractivity contribution in [2.24, 2.45) is 0 Å². The summed E-state index contributed by atoms with van der Waals surface area (Å²) in [4.78, 5) is 0. The molecule has 174 valence electrons. The molecular weight excluding hydrogens is 454 g/mol. The highest BCUT2D eigenvalue weighted by Gasteiger charge is 2.01. The maximum Gasteiger partial charge on any atom is 0.118 e. The van der Waals surface area contributed by atoms with Gasteiger partial charge < -0.3 is 9.47 Å². The van der Waals surface area contributed by atoms with Crippen molar-refractivity contribution in [1.82, 2.24) is 0 Å². The molecule has 0 aromatic heterocycles. The molecule has 2 unspecified atom stereocenters. The minimum Gasteiger partial charge on any atom is -0.497 e. The van der Waals surface area contributed by atoms with E-state index in [1.807, 2.05) is 24.3 Å². The molecule has 0 aliphatic heterocycles. The van der Waals surface area contributed by atoms with Gasteiger partial charge in [0, 0.05) is 0 Å². The van der Waals surface area contributed by atoms with Gasteiger partial charge in [0.15, 0.2) is 0 Å². The highest BCUT2D eigenvalue weighted by Crippen LogP contribution is 2.20. The molecule has 0 aliphatic carbocycles. The number of hydrogen-bond donors (Lipinski definition) is 0. The number of hydrogen-bond acceptors (Lipinski definition) is 2. The Morgan fingerprint density at radius 1 is 0.441 bits per heavy atom. The Balaban J connectivity index is 1.18. The third-order valence-electron chi connectivity index (χ3n) is 5.83. The predicted molar refractivity (Wildman–Crippen MR) is 150 cm³/mol. The molecule has 2 atom stereocenters. The Morgan fingerprint density at radius 3 is 1.03 bits per heavy atom. The molecule has 0 saturated carbocycles. The lowest BCUT2D eigenvalue weighted by Crippen LogP contribution is -2.00. The smallest absolute Gasteiger partial charge is 0.118 e. The number of rotatable bonds is 11. The SMILES string of the molecule is COc1ccc(Cc2ccc(PCCPc3ccc(Cc4ccc(OC)cc4)cc3)cc2)cc1. The van der Waals surface area contributed by atoms with Crippen LogP contribution in [0.4, 0.5) is 0 Å². The summed E-state index contributed by atoms with van der Waals surface area (Å²) in [6.07, 6.45) is 4.43. The van der Waals surface area contributed by atoms with Gasteiger partial charge in [-0.05, 0) is 82.3 Å². The van der Waals surface area contributed by atoms with Crippen LogP contribution < -0.4 is 20.1 Å². The van der Waals surface area contributed by atoms with Gasteiger partial charge >= 0.3 is 0 Å². The zero-order valence-electron chi connectivity index (χ0n) is 19.9. The highest BCUT2D eigenvalue weighted by molar-refractivity contribution is 7.51. The van der Waals surface area contributed by atoms with Crippen molar-refractivity contribution in [2.45, 2.75) is 12.8 Å². The van der Waals surface area contributed by atoms with Crippen LogP contribution in [-0.2, 0) is 12.8 Å². The van der Waals surface area contributed by atoms with Crippen molar-refractivity contribution >= 4 is 27.8 Å². The fourth-order valence-electron chi connectivity index (χ4n) is 3.85. The van der Waals surface area contributed by atoms with Crippen LogP contribution in [0, 0.1) is 0 Å². The van der Waals surface area contributed by atoms with E-state index in [1.54, 1.807) is 14.2 Å². The molecule has 0 fully saturated rings. The van der Waals surface area contributed by atoms with Gasteiger partial charge in [-0.15, -0.1) is 0 Å². The molecule has 4 heteroatoms. The fourth-order valence-corrected chi connectivity index (χ4v) is 6.23. The van der Waals surface area contributed by atoms with Crippen LogP contribution in [0.15, 0.2) is 97.1 Å². The predicted octanol–water partition coefficient (Wildman–Crippen LogP) is 6.19. The minimum absolute atomic E-state index is 0.876. The summed E-state index contributed by atoms with van der Waals surface area (Å²) in [5, 5.41) is 2.91. The summed E-state index contributed by atoms with van der Waals surface area (Å²) in [5.41, 5.74) is 5.34. The molecule has 0 spiro atoms.